The van der Waals surface area contributed by atoms with Gasteiger partial charge in [-0.2, -0.15) is 0 Å². The van der Waals surface area contributed by atoms with Gasteiger partial charge in [-0.3, -0.25) is 0 Å². The van der Waals surface area contributed by atoms with E-state index in [1.54, 1.807) is 12.1 Å². The Balaban J connectivity index is 1.69. The Morgan fingerprint density at radius 2 is 1.70 bits per heavy atom. The summed E-state index contributed by atoms with van der Waals surface area (Å²) in [5.74, 6) is -0.149. The summed E-state index contributed by atoms with van der Waals surface area (Å²) in [6.45, 7) is 2.22. The van der Waals surface area contributed by atoms with Gasteiger partial charge in [0.05, 0.1) is 0 Å². The molecule has 3 radical (unpaired) electrons. The maximum absolute atomic E-state index is 13.2. The quantitative estimate of drug-likeness (QED) is 0.374. The average Bonchev–Trinajstić information content (AvgIpc) is 3.08. The Labute approximate surface area is 194 Å². The molecule has 3 aromatic carbocycles. The van der Waals surface area contributed by atoms with Crippen LogP contribution in [0, 0.1) is 11.3 Å². The number of hydrogen-bond donors (Lipinski definition) is 0. The summed E-state index contributed by atoms with van der Waals surface area (Å²) >= 11 is 0.920. The van der Waals surface area contributed by atoms with Crippen LogP contribution < -0.4 is 4.90 Å². The molecule has 0 aromatic heterocycles. The number of anilines is 1. The molecule has 3 aromatic rings. The predicted molar refractivity (Wildman–Crippen MR) is 122 cm³/mol. The van der Waals surface area contributed by atoms with Crippen LogP contribution in [0.3, 0.4) is 0 Å². The van der Waals surface area contributed by atoms with Gasteiger partial charge in [-0.15, -0.1) is 0 Å². The third-order valence-corrected chi connectivity index (χ3v) is 7.01. The standard InChI is InChI=1S/C26H23N2O.Pb/c1-3-4-5-18-6-10-20(11-7-18)22-14-15-23-24(16-22)28(2)26(29)25(23)21-12-8-19(17-27)9-13-21;/h6-16,25H,2-5H2,1H3;. The molecule has 30 heavy (non-hydrogen) atoms. The van der Waals surface area contributed by atoms with Gasteiger partial charge in [-0.1, -0.05) is 6.92 Å². The minimum absolute atomic E-state index is 0.136. The number of aryl methyl sites for hydroxylation is 1. The molecule has 0 bridgehead atoms. The van der Waals surface area contributed by atoms with Crippen LogP contribution in [0.5, 0.6) is 0 Å². The third-order valence-electron chi connectivity index (χ3n) is 5.78. The first-order chi connectivity index (χ1) is 14.7. The number of fused-ring (bicyclic) bond motifs is 1. The van der Waals surface area contributed by atoms with E-state index in [0.29, 0.717) is 5.56 Å². The number of unbranched alkanes of at least 4 members (excludes halogenated alkanes) is 1. The molecule has 1 unspecified atom stereocenters. The zero-order valence-corrected chi connectivity index (χ0v) is 20.9. The van der Waals surface area contributed by atoms with Crippen molar-refractivity contribution >= 4 is 37.4 Å². The molecular weight excluding hydrogens is 563 g/mol. The zero-order chi connectivity index (χ0) is 21.1. The SMILES string of the molecule is CCCCc1ccc(-c2ccc3c(c2)N([CH2][Pb])C(=O)C3c2ccc(C#N)cc2)cc1. The van der Waals surface area contributed by atoms with Crippen molar-refractivity contribution in [2.75, 3.05) is 9.00 Å². The molecule has 1 aliphatic heterocycles. The number of benzene rings is 3. The zero-order valence-electron chi connectivity index (χ0n) is 17.1. The Hall–Kier alpha value is -2.46. The van der Waals surface area contributed by atoms with Crippen molar-refractivity contribution in [3.8, 4) is 17.2 Å². The Morgan fingerprint density at radius 1 is 1.00 bits per heavy atom. The fraction of sp³-hybridized carbons (Fsp3) is 0.231. The second-order valence-electron chi connectivity index (χ2n) is 7.67. The van der Waals surface area contributed by atoms with Gasteiger partial charge in [0, 0.05) is 0 Å². The van der Waals surface area contributed by atoms with Crippen molar-refractivity contribution in [1.82, 2.24) is 0 Å². The number of hydrogen-bond acceptors (Lipinski definition) is 2. The molecule has 0 N–H and O–H groups in total. The third kappa shape index (κ3) is 3.93. The molecule has 0 saturated heterocycles. The summed E-state index contributed by atoms with van der Waals surface area (Å²) < 4.78 is 0.776. The van der Waals surface area contributed by atoms with Crippen molar-refractivity contribution in [2.45, 2.75) is 32.1 Å². The molecular formula is C26H23N2OPb. The van der Waals surface area contributed by atoms with Crippen LogP contribution in [0.25, 0.3) is 11.1 Å². The minimum atomic E-state index is -0.285. The summed E-state index contributed by atoms with van der Waals surface area (Å²) in [4.78, 5) is 15.2. The van der Waals surface area contributed by atoms with Gasteiger partial charge in [0.15, 0.2) is 0 Å². The normalized spacial score (nSPS) is 15.2. The first-order valence-electron chi connectivity index (χ1n) is 10.4. The van der Waals surface area contributed by atoms with Crippen molar-refractivity contribution in [1.29, 1.82) is 5.26 Å². The second kappa shape index (κ2) is 9.13. The van der Waals surface area contributed by atoms with Gasteiger partial charge in [-0.25, -0.2) is 0 Å². The summed E-state index contributed by atoms with van der Waals surface area (Å²) in [6.07, 6.45) is 3.54. The van der Waals surface area contributed by atoms with Gasteiger partial charge in [-0.05, 0) is 0 Å². The van der Waals surface area contributed by atoms with E-state index >= 15 is 0 Å². The molecule has 0 aliphatic carbocycles. The van der Waals surface area contributed by atoms with Crippen LogP contribution in [-0.4, -0.2) is 35.8 Å². The number of rotatable bonds is 6. The molecule has 1 heterocycles. The average molecular weight is 587 g/mol. The molecule has 1 atom stereocenters. The van der Waals surface area contributed by atoms with Crippen LogP contribution in [0.4, 0.5) is 5.69 Å². The van der Waals surface area contributed by atoms with Crippen LogP contribution in [0.15, 0.2) is 66.7 Å². The van der Waals surface area contributed by atoms with Crippen molar-refractivity contribution in [3.05, 3.63) is 89.0 Å². The summed E-state index contributed by atoms with van der Waals surface area (Å²) in [6, 6.07) is 24.7. The molecule has 0 fully saturated rings. The van der Waals surface area contributed by atoms with Crippen LogP contribution in [0.2, 0.25) is 0 Å². The fourth-order valence-corrected chi connectivity index (χ4v) is 5.36. The number of carbonyl (C=O) groups excluding carboxylic acids is 1. The number of amides is 1. The summed E-state index contributed by atoms with van der Waals surface area (Å²) in [5, 5.41) is 9.06. The topological polar surface area (TPSA) is 44.1 Å². The van der Waals surface area contributed by atoms with E-state index in [1.165, 1.54) is 24.0 Å². The van der Waals surface area contributed by atoms with Gasteiger partial charge in [0.25, 0.3) is 0 Å². The van der Waals surface area contributed by atoms with E-state index in [2.05, 4.69) is 55.5 Å². The van der Waals surface area contributed by atoms with Gasteiger partial charge < -0.3 is 0 Å². The van der Waals surface area contributed by atoms with Crippen LogP contribution >= 0.6 is 0 Å². The molecule has 147 valence electrons. The molecule has 3 nitrogen and oxygen atoms in total. The monoisotopic (exact) mass is 587 g/mol. The van der Waals surface area contributed by atoms with Gasteiger partial charge >= 0.3 is 188 Å². The van der Waals surface area contributed by atoms with Crippen molar-refractivity contribution < 1.29 is 4.79 Å². The number of nitriles is 1. The van der Waals surface area contributed by atoms with Gasteiger partial charge in [0.1, 0.15) is 0 Å². The van der Waals surface area contributed by atoms with Crippen LogP contribution in [-0.2, 0) is 11.2 Å². The number of carbonyl (C=O) groups is 1. The molecule has 4 rings (SSSR count). The van der Waals surface area contributed by atoms with Gasteiger partial charge in [0.2, 0.25) is 0 Å². The predicted octanol–water partition coefficient (Wildman–Crippen LogP) is 5.17. The molecule has 0 spiro atoms. The van der Waals surface area contributed by atoms with E-state index in [-0.39, 0.29) is 11.8 Å². The van der Waals surface area contributed by atoms with E-state index in [4.69, 9.17) is 5.26 Å². The van der Waals surface area contributed by atoms with Crippen LogP contribution in [0.1, 0.15) is 47.9 Å². The van der Waals surface area contributed by atoms with E-state index in [1.807, 2.05) is 17.0 Å². The second-order valence-corrected chi connectivity index (χ2v) is 8.89. The molecule has 1 aliphatic rings. The summed E-state index contributed by atoms with van der Waals surface area (Å²) in [5.41, 5.74) is 7.34. The molecule has 1 amide bonds. The Morgan fingerprint density at radius 3 is 2.33 bits per heavy atom. The Kier molecular flexibility index (Phi) is 6.33. The first-order valence-corrected chi connectivity index (χ1v) is 13.1. The Bertz CT molecular complexity index is 1100. The summed E-state index contributed by atoms with van der Waals surface area (Å²) in [7, 11) is 0. The fourth-order valence-electron chi connectivity index (χ4n) is 4.09. The number of nitrogens with zero attached hydrogens (tertiary/aromatic N) is 2. The molecule has 4 heteroatoms. The van der Waals surface area contributed by atoms with Crippen molar-refractivity contribution in [3.63, 3.8) is 0 Å². The van der Waals surface area contributed by atoms with E-state index in [9.17, 15) is 4.79 Å². The van der Waals surface area contributed by atoms with E-state index < -0.39 is 0 Å². The van der Waals surface area contributed by atoms with Crippen molar-refractivity contribution in [2.24, 2.45) is 0 Å². The maximum atomic E-state index is 13.2. The molecule has 0 saturated carbocycles. The first kappa shape index (κ1) is 20.8. The van der Waals surface area contributed by atoms with E-state index in [0.717, 1.165) is 58.7 Å².